The van der Waals surface area contributed by atoms with Crippen LogP contribution >= 0.6 is 34.2 Å². The van der Waals surface area contributed by atoms with E-state index in [4.69, 9.17) is 16.3 Å². The molecule has 0 radical (unpaired) electrons. The fourth-order valence-corrected chi connectivity index (χ4v) is 4.50. The van der Waals surface area contributed by atoms with Crippen molar-refractivity contribution in [3.05, 3.63) is 91.2 Å². The first-order chi connectivity index (χ1) is 15.7. The molecule has 0 aliphatic carbocycles. The highest BCUT2D eigenvalue weighted by Crippen LogP contribution is 2.23. The van der Waals surface area contributed by atoms with Crippen LogP contribution < -0.4 is 10.3 Å². The van der Waals surface area contributed by atoms with Gasteiger partial charge in [-0.25, -0.2) is 13.2 Å². The number of nitrogens with zero attached hydrogens (tertiary/aromatic N) is 3. The number of hydrogen-bond acceptors (Lipinski definition) is 7. The summed E-state index contributed by atoms with van der Waals surface area (Å²) < 4.78 is 34.9. The Morgan fingerprint density at radius 1 is 1.09 bits per heavy atom. The molecule has 4 rings (SSSR count). The molecule has 0 fully saturated rings. The van der Waals surface area contributed by atoms with Crippen LogP contribution in [0.1, 0.15) is 10.4 Å². The summed E-state index contributed by atoms with van der Waals surface area (Å²) in [4.78, 5) is 24.9. The molecule has 0 bridgehead atoms. The van der Waals surface area contributed by atoms with Gasteiger partial charge in [-0.3, -0.25) is 9.52 Å². The molecule has 4 aromatic rings. The monoisotopic (exact) mass is 596 g/mol. The van der Waals surface area contributed by atoms with Gasteiger partial charge in [0.05, 0.1) is 20.9 Å². The van der Waals surface area contributed by atoms with E-state index in [1.54, 1.807) is 48.5 Å². The van der Waals surface area contributed by atoms with E-state index in [0.29, 0.717) is 16.6 Å². The summed E-state index contributed by atoms with van der Waals surface area (Å²) in [5, 5.41) is 7.96. The van der Waals surface area contributed by atoms with Crippen LogP contribution in [-0.2, 0) is 21.5 Å². The second-order valence-electron chi connectivity index (χ2n) is 6.73. The Morgan fingerprint density at radius 2 is 1.82 bits per heavy atom. The predicted molar refractivity (Wildman–Crippen MR) is 131 cm³/mol. The Hall–Kier alpha value is -3.03. The van der Waals surface area contributed by atoms with Crippen LogP contribution in [-0.4, -0.2) is 29.4 Å². The summed E-state index contributed by atoms with van der Waals surface area (Å²) in [6.07, 6.45) is 0. The van der Waals surface area contributed by atoms with Gasteiger partial charge in [0.15, 0.2) is 6.73 Å². The maximum Gasteiger partial charge on any atom is 0.341 e. The topological polar surface area (TPSA) is 120 Å². The lowest BCUT2D eigenvalue weighted by atomic mass is 10.2. The smallest absolute Gasteiger partial charge is 0.341 e. The summed E-state index contributed by atoms with van der Waals surface area (Å²) >= 11 is 8.20. The normalized spacial score (nSPS) is 11.3. The quantitative estimate of drug-likeness (QED) is 0.266. The van der Waals surface area contributed by atoms with Crippen molar-refractivity contribution in [2.75, 3.05) is 4.72 Å². The molecule has 0 unspecified atom stereocenters. The Labute approximate surface area is 206 Å². The fourth-order valence-electron chi connectivity index (χ4n) is 2.87. The van der Waals surface area contributed by atoms with Crippen molar-refractivity contribution in [2.45, 2.75) is 11.6 Å². The van der Waals surface area contributed by atoms with Gasteiger partial charge in [-0.2, -0.15) is 4.68 Å². The molecule has 12 heteroatoms. The lowest BCUT2D eigenvalue weighted by Crippen LogP contribution is -2.26. The molecule has 1 heterocycles. The van der Waals surface area contributed by atoms with E-state index in [9.17, 15) is 18.0 Å². The Morgan fingerprint density at radius 3 is 2.58 bits per heavy atom. The lowest BCUT2D eigenvalue weighted by molar-refractivity contribution is 0.0336. The molecule has 0 aliphatic heterocycles. The van der Waals surface area contributed by atoms with Crippen molar-refractivity contribution >= 4 is 66.8 Å². The fraction of sp³-hybridized carbons (Fsp3) is 0.0476. The third kappa shape index (κ3) is 5.15. The number of anilines is 1. The first-order valence-corrected chi connectivity index (χ1v) is 12.3. The van der Waals surface area contributed by atoms with Crippen molar-refractivity contribution in [3.63, 3.8) is 0 Å². The van der Waals surface area contributed by atoms with Crippen molar-refractivity contribution in [1.29, 1.82) is 0 Å². The molecule has 1 N–H and O–H groups in total. The zero-order valence-electron chi connectivity index (χ0n) is 16.6. The average molecular weight is 597 g/mol. The molecule has 3 aromatic carbocycles. The van der Waals surface area contributed by atoms with Crippen molar-refractivity contribution < 1.29 is 17.9 Å². The van der Waals surface area contributed by atoms with Gasteiger partial charge in [-0.1, -0.05) is 28.9 Å². The van der Waals surface area contributed by atoms with Gasteiger partial charge >= 0.3 is 5.97 Å². The lowest BCUT2D eigenvalue weighted by Gasteiger charge is -2.11. The number of aromatic nitrogens is 3. The molecular weight excluding hydrogens is 583 g/mol. The van der Waals surface area contributed by atoms with E-state index in [0.717, 1.165) is 14.3 Å². The molecule has 0 saturated heterocycles. The number of nitrogens with one attached hydrogen (secondary N) is 1. The third-order valence-electron chi connectivity index (χ3n) is 4.51. The summed E-state index contributed by atoms with van der Waals surface area (Å²) in [5.74, 6) is -0.923. The second-order valence-corrected chi connectivity index (χ2v) is 10.1. The van der Waals surface area contributed by atoms with Gasteiger partial charge in [0.1, 0.15) is 5.52 Å². The minimum atomic E-state index is -3.99. The maximum absolute atomic E-state index is 12.7. The molecule has 0 amide bonds. The zero-order chi connectivity index (χ0) is 23.6. The van der Waals surface area contributed by atoms with Gasteiger partial charge < -0.3 is 4.74 Å². The van der Waals surface area contributed by atoms with Gasteiger partial charge in [0, 0.05) is 9.26 Å². The number of hydrogen-bond donors (Lipinski definition) is 1. The van der Waals surface area contributed by atoms with Crippen molar-refractivity contribution in [3.8, 4) is 0 Å². The van der Waals surface area contributed by atoms with Crippen LogP contribution in [0.2, 0.25) is 5.02 Å². The van der Waals surface area contributed by atoms with E-state index >= 15 is 0 Å². The van der Waals surface area contributed by atoms with Crippen LogP contribution in [0.25, 0.3) is 10.9 Å². The van der Waals surface area contributed by atoms with E-state index in [1.807, 2.05) is 0 Å². The highest BCUT2D eigenvalue weighted by atomic mass is 127. The number of fused-ring (bicyclic) bond motifs is 1. The minimum absolute atomic E-state index is 0.00911. The third-order valence-corrected chi connectivity index (χ3v) is 6.94. The highest BCUT2D eigenvalue weighted by Gasteiger charge is 2.20. The van der Waals surface area contributed by atoms with Gasteiger partial charge in [0.2, 0.25) is 0 Å². The number of benzene rings is 3. The van der Waals surface area contributed by atoms with Gasteiger partial charge in [0.25, 0.3) is 15.6 Å². The first-order valence-electron chi connectivity index (χ1n) is 9.32. The Balaban J connectivity index is 1.55. The van der Waals surface area contributed by atoms with E-state index in [-0.39, 0.29) is 15.5 Å². The number of carbonyl (C=O) groups is 1. The SMILES string of the molecule is O=C(OCn1nnc2ccccc2c1=O)c1cc(S(=O)(=O)Nc2ccc(I)cc2)ccc1Cl. The standard InChI is InChI=1S/C21H14ClIN4O5S/c22-18-10-9-15(33(30,31)25-14-7-5-13(23)6-8-14)11-17(18)21(29)32-12-27-20(28)16-3-1-2-4-19(16)24-26-27/h1-11,25H,12H2. The molecular formula is C21H14ClIN4O5S. The van der Waals surface area contributed by atoms with E-state index < -0.39 is 28.3 Å². The van der Waals surface area contributed by atoms with E-state index in [2.05, 4.69) is 37.6 Å². The largest absolute Gasteiger partial charge is 0.438 e. The molecule has 9 nitrogen and oxygen atoms in total. The molecule has 0 spiro atoms. The van der Waals surface area contributed by atoms with Crippen LogP contribution in [0.4, 0.5) is 5.69 Å². The summed E-state index contributed by atoms with van der Waals surface area (Å²) in [6.45, 7) is -0.524. The van der Waals surface area contributed by atoms with Crippen LogP contribution in [0.5, 0.6) is 0 Å². The predicted octanol–water partition coefficient (Wildman–Crippen LogP) is 3.66. The number of esters is 1. The van der Waals surface area contributed by atoms with Gasteiger partial charge in [-0.05, 0) is 77.2 Å². The summed E-state index contributed by atoms with van der Waals surface area (Å²) in [5.41, 5.74) is 0.108. The summed E-state index contributed by atoms with van der Waals surface area (Å²) in [7, 11) is -3.99. The summed E-state index contributed by atoms with van der Waals surface area (Å²) in [6, 6.07) is 17.0. The van der Waals surface area contributed by atoms with Gasteiger partial charge in [-0.15, -0.1) is 5.10 Å². The van der Waals surface area contributed by atoms with Crippen molar-refractivity contribution in [1.82, 2.24) is 15.0 Å². The minimum Gasteiger partial charge on any atom is -0.438 e. The number of halogens is 2. The molecule has 33 heavy (non-hydrogen) atoms. The zero-order valence-corrected chi connectivity index (χ0v) is 20.3. The first kappa shape index (κ1) is 23.1. The molecule has 0 aliphatic rings. The molecule has 1 aromatic heterocycles. The van der Waals surface area contributed by atoms with Crippen LogP contribution in [0.3, 0.4) is 0 Å². The molecule has 0 saturated carbocycles. The number of rotatable bonds is 6. The van der Waals surface area contributed by atoms with E-state index in [1.165, 1.54) is 12.1 Å². The van der Waals surface area contributed by atoms with Crippen LogP contribution in [0, 0.1) is 3.57 Å². The second kappa shape index (κ2) is 9.45. The molecule has 0 atom stereocenters. The maximum atomic E-state index is 12.7. The highest BCUT2D eigenvalue weighted by molar-refractivity contribution is 14.1. The van der Waals surface area contributed by atoms with Crippen LogP contribution in [0.15, 0.2) is 76.4 Å². The number of sulfonamides is 1. The van der Waals surface area contributed by atoms with Crippen molar-refractivity contribution in [2.24, 2.45) is 0 Å². The number of carbonyl (C=O) groups excluding carboxylic acids is 1. The Kier molecular flexibility index (Phi) is 6.63. The Bertz CT molecular complexity index is 1520. The molecule has 168 valence electrons. The average Bonchev–Trinajstić information content (AvgIpc) is 2.80. The number of ether oxygens (including phenoxy) is 1.